The predicted octanol–water partition coefficient (Wildman–Crippen LogP) is 2.04. The molecule has 0 spiro atoms. The predicted molar refractivity (Wildman–Crippen MR) is 75.6 cm³/mol. The maximum absolute atomic E-state index is 12.3. The van der Waals surface area contributed by atoms with Gasteiger partial charge in [0, 0.05) is 33.4 Å². The van der Waals surface area contributed by atoms with Gasteiger partial charge in [0.25, 0.3) is 11.6 Å². The second-order valence-corrected chi connectivity index (χ2v) is 5.46. The van der Waals surface area contributed by atoms with Crippen molar-refractivity contribution in [3.05, 3.63) is 25.4 Å². The van der Waals surface area contributed by atoms with Crippen molar-refractivity contribution in [3.63, 3.8) is 0 Å². The number of hydrogen-bond donors (Lipinski definition) is 0. The van der Waals surface area contributed by atoms with Crippen molar-refractivity contribution < 1.29 is 19.2 Å². The lowest BCUT2D eigenvalue weighted by Crippen LogP contribution is -2.36. The van der Waals surface area contributed by atoms with Gasteiger partial charge in [-0.1, -0.05) is 11.6 Å². The number of carbonyl (C=O) groups is 1. The lowest BCUT2D eigenvalue weighted by atomic mass is 10.3. The Morgan fingerprint density at radius 2 is 1.95 bits per heavy atom. The highest BCUT2D eigenvalue weighted by Gasteiger charge is 2.24. The van der Waals surface area contributed by atoms with Crippen molar-refractivity contribution in [2.45, 2.75) is 0 Å². The quantitative estimate of drug-likeness (QED) is 0.540. The van der Waals surface area contributed by atoms with E-state index in [9.17, 15) is 14.9 Å². The Balaban J connectivity index is 2.87. The number of rotatable bonds is 8. The first-order chi connectivity index (χ1) is 9.51. The lowest BCUT2D eigenvalue weighted by molar-refractivity contribution is -0.384. The van der Waals surface area contributed by atoms with Crippen molar-refractivity contribution in [3.8, 4) is 0 Å². The van der Waals surface area contributed by atoms with Gasteiger partial charge in [0.1, 0.15) is 4.88 Å². The van der Waals surface area contributed by atoms with Gasteiger partial charge in [-0.05, 0) is 0 Å². The maximum Gasteiger partial charge on any atom is 0.299 e. The molecule has 1 rings (SSSR count). The molecule has 0 saturated carbocycles. The molecule has 1 aromatic rings. The van der Waals surface area contributed by atoms with Crippen LogP contribution in [0.25, 0.3) is 0 Å². The Bertz CT molecular complexity index is 471. The third-order valence-corrected chi connectivity index (χ3v) is 3.82. The molecular formula is C11H15ClN2O5S. The third kappa shape index (κ3) is 4.41. The minimum atomic E-state index is -0.607. The van der Waals surface area contributed by atoms with E-state index in [1.807, 2.05) is 0 Å². The molecule has 0 radical (unpaired) electrons. The van der Waals surface area contributed by atoms with Crippen LogP contribution in [-0.2, 0) is 9.47 Å². The summed E-state index contributed by atoms with van der Waals surface area (Å²) < 4.78 is 9.88. The summed E-state index contributed by atoms with van der Waals surface area (Å²) in [6.07, 6.45) is 0. The smallest absolute Gasteiger partial charge is 0.299 e. The number of carbonyl (C=O) groups excluding carboxylic acids is 1. The standard InChI is InChI=1S/C11H15ClN2O5S/c1-18-5-3-13(4-6-19-2)11(15)9-7-8(14(16)17)10(12)20-9/h7H,3-6H2,1-2H3. The number of hydrogen-bond acceptors (Lipinski definition) is 6. The van der Waals surface area contributed by atoms with Crippen molar-refractivity contribution in [1.82, 2.24) is 4.90 Å². The van der Waals surface area contributed by atoms with Gasteiger partial charge in [0.05, 0.1) is 18.1 Å². The molecule has 0 aliphatic carbocycles. The monoisotopic (exact) mass is 322 g/mol. The average Bonchev–Trinajstić information content (AvgIpc) is 2.80. The van der Waals surface area contributed by atoms with Crippen molar-refractivity contribution in [1.29, 1.82) is 0 Å². The molecule has 1 amide bonds. The molecule has 0 fully saturated rings. The second-order valence-electron chi connectivity index (χ2n) is 3.80. The Morgan fingerprint density at radius 1 is 1.40 bits per heavy atom. The van der Waals surface area contributed by atoms with E-state index < -0.39 is 4.92 Å². The summed E-state index contributed by atoms with van der Waals surface area (Å²) >= 11 is 6.65. The van der Waals surface area contributed by atoms with Gasteiger partial charge < -0.3 is 14.4 Å². The van der Waals surface area contributed by atoms with Crippen molar-refractivity contribution >= 4 is 34.5 Å². The highest BCUT2D eigenvalue weighted by Crippen LogP contribution is 2.34. The molecule has 0 N–H and O–H groups in total. The molecule has 0 aliphatic heterocycles. The van der Waals surface area contributed by atoms with Gasteiger partial charge in [-0.15, -0.1) is 11.3 Å². The maximum atomic E-state index is 12.3. The summed E-state index contributed by atoms with van der Waals surface area (Å²) in [5.74, 6) is -0.320. The molecule has 0 aromatic carbocycles. The lowest BCUT2D eigenvalue weighted by Gasteiger charge is -2.21. The molecular weight excluding hydrogens is 308 g/mol. The first-order valence-corrected chi connectivity index (χ1v) is 6.91. The molecule has 1 aromatic heterocycles. The van der Waals surface area contributed by atoms with Crippen LogP contribution in [0.3, 0.4) is 0 Å². The molecule has 1 heterocycles. The molecule has 20 heavy (non-hydrogen) atoms. The molecule has 0 aliphatic rings. The van der Waals surface area contributed by atoms with Gasteiger partial charge in [-0.2, -0.15) is 0 Å². The second kappa shape index (κ2) is 8.15. The van der Waals surface area contributed by atoms with Gasteiger partial charge >= 0.3 is 0 Å². The molecule has 0 atom stereocenters. The van der Waals surface area contributed by atoms with E-state index in [1.165, 1.54) is 25.2 Å². The van der Waals surface area contributed by atoms with E-state index >= 15 is 0 Å². The van der Waals surface area contributed by atoms with Gasteiger partial charge in [0.15, 0.2) is 4.34 Å². The number of halogens is 1. The Morgan fingerprint density at radius 3 is 2.35 bits per heavy atom. The third-order valence-electron chi connectivity index (χ3n) is 2.49. The van der Waals surface area contributed by atoms with Gasteiger partial charge in [0.2, 0.25) is 0 Å². The number of methoxy groups -OCH3 is 2. The van der Waals surface area contributed by atoms with Crippen LogP contribution < -0.4 is 0 Å². The summed E-state index contributed by atoms with van der Waals surface area (Å²) in [7, 11) is 3.07. The number of amides is 1. The summed E-state index contributed by atoms with van der Waals surface area (Å²) in [5, 5.41) is 10.7. The van der Waals surface area contributed by atoms with Crippen LogP contribution in [0.4, 0.5) is 5.69 Å². The zero-order valence-corrected chi connectivity index (χ0v) is 12.7. The van der Waals surface area contributed by atoms with E-state index in [0.717, 1.165) is 11.3 Å². The van der Waals surface area contributed by atoms with Crippen LogP contribution in [0, 0.1) is 10.1 Å². The van der Waals surface area contributed by atoms with Crippen LogP contribution >= 0.6 is 22.9 Å². The van der Waals surface area contributed by atoms with Gasteiger partial charge in [-0.3, -0.25) is 14.9 Å². The minimum absolute atomic E-state index is 0.00298. The number of nitro groups is 1. The molecule has 112 valence electrons. The molecule has 9 heteroatoms. The van der Waals surface area contributed by atoms with E-state index in [2.05, 4.69) is 0 Å². The summed E-state index contributed by atoms with van der Waals surface area (Å²) in [4.78, 5) is 24.2. The SMILES string of the molecule is COCCN(CCOC)C(=O)c1cc([N+](=O)[O-])c(Cl)s1. The zero-order chi connectivity index (χ0) is 15.1. The highest BCUT2D eigenvalue weighted by molar-refractivity contribution is 7.18. The van der Waals surface area contributed by atoms with E-state index in [0.29, 0.717) is 26.3 Å². The number of nitrogens with zero attached hydrogens (tertiary/aromatic N) is 2. The molecule has 0 unspecified atom stereocenters. The number of ether oxygens (including phenoxy) is 2. The summed E-state index contributed by atoms with van der Waals surface area (Å²) in [5.41, 5.74) is -0.251. The Hall–Kier alpha value is -1.22. The van der Waals surface area contributed by atoms with Gasteiger partial charge in [-0.25, -0.2) is 0 Å². The van der Waals surface area contributed by atoms with Crippen LogP contribution in [0.1, 0.15) is 9.67 Å². The van der Waals surface area contributed by atoms with Crippen molar-refractivity contribution in [2.24, 2.45) is 0 Å². The molecule has 0 bridgehead atoms. The average molecular weight is 323 g/mol. The number of thiophene rings is 1. The van der Waals surface area contributed by atoms with E-state index in [-0.39, 0.29) is 20.8 Å². The molecule has 0 saturated heterocycles. The van der Waals surface area contributed by atoms with Crippen LogP contribution in [0.15, 0.2) is 6.07 Å². The topological polar surface area (TPSA) is 81.9 Å². The first-order valence-electron chi connectivity index (χ1n) is 5.72. The largest absolute Gasteiger partial charge is 0.383 e. The van der Waals surface area contributed by atoms with Crippen LogP contribution in [0.5, 0.6) is 0 Å². The fourth-order valence-electron chi connectivity index (χ4n) is 1.46. The summed E-state index contributed by atoms with van der Waals surface area (Å²) in [6, 6.07) is 1.20. The van der Waals surface area contributed by atoms with Crippen molar-refractivity contribution in [2.75, 3.05) is 40.5 Å². The first kappa shape index (κ1) is 16.8. The minimum Gasteiger partial charge on any atom is -0.383 e. The zero-order valence-electron chi connectivity index (χ0n) is 11.1. The fraction of sp³-hybridized carbons (Fsp3) is 0.545. The van der Waals surface area contributed by atoms with E-state index in [1.54, 1.807) is 0 Å². The highest BCUT2D eigenvalue weighted by atomic mass is 35.5. The summed E-state index contributed by atoms with van der Waals surface area (Å²) in [6.45, 7) is 1.50. The van der Waals surface area contributed by atoms with Crippen LogP contribution in [0.2, 0.25) is 4.34 Å². The van der Waals surface area contributed by atoms with E-state index in [4.69, 9.17) is 21.1 Å². The van der Waals surface area contributed by atoms with Crippen LogP contribution in [-0.4, -0.2) is 56.3 Å². The fourth-order valence-corrected chi connectivity index (χ4v) is 2.65. The Kier molecular flexibility index (Phi) is 6.86. The normalized spacial score (nSPS) is 10.6. The Labute approximate surface area is 125 Å². The molecule has 7 nitrogen and oxygen atoms in total.